The van der Waals surface area contributed by atoms with Gasteiger partial charge in [-0.2, -0.15) is 0 Å². The van der Waals surface area contributed by atoms with Crippen molar-refractivity contribution in [2.24, 2.45) is 4.99 Å². The minimum absolute atomic E-state index is 0.0704. The second-order valence-corrected chi connectivity index (χ2v) is 4.65. The Kier molecular flexibility index (Phi) is 1.56. The third-order valence-electron chi connectivity index (χ3n) is 3.74. The van der Waals surface area contributed by atoms with Gasteiger partial charge >= 0.3 is 0 Å². The van der Waals surface area contributed by atoms with E-state index in [2.05, 4.69) is 4.99 Å². The first-order valence-corrected chi connectivity index (χ1v) is 5.80. The highest BCUT2D eigenvalue weighted by atomic mass is 16.3. The molecule has 0 atom stereocenters. The van der Waals surface area contributed by atoms with Crippen LogP contribution in [-0.2, 0) is 6.67 Å². The number of rotatable bonds is 0. The van der Waals surface area contributed by atoms with Gasteiger partial charge in [-0.05, 0) is 23.9 Å². The Hall–Kier alpha value is -2.36. The van der Waals surface area contributed by atoms with Gasteiger partial charge in [0.15, 0.2) is 0 Å². The van der Waals surface area contributed by atoms with Crippen molar-refractivity contribution < 1.29 is 5.11 Å². The molecule has 1 aliphatic heterocycles. The quantitative estimate of drug-likeness (QED) is 0.645. The van der Waals surface area contributed by atoms with E-state index in [0.29, 0.717) is 12.1 Å². The summed E-state index contributed by atoms with van der Waals surface area (Å²) < 4.78 is 1.64. The molecule has 0 radical (unpaired) electrons. The number of aryl methyl sites for hydroxylation is 1. The number of hydrogen-bond donors (Lipinski definition) is 1. The maximum Gasteiger partial charge on any atom is 0.261 e. The minimum atomic E-state index is -0.0704. The zero-order valence-corrected chi connectivity index (χ0v) is 9.77. The second-order valence-electron chi connectivity index (χ2n) is 4.65. The van der Waals surface area contributed by atoms with E-state index in [1.165, 1.54) is 0 Å². The van der Waals surface area contributed by atoms with Crippen molar-refractivity contribution in [3.63, 3.8) is 0 Å². The summed E-state index contributed by atoms with van der Waals surface area (Å²) in [5.74, 6) is 0.170. The van der Waals surface area contributed by atoms with Crippen molar-refractivity contribution in [1.82, 2.24) is 4.57 Å². The maximum absolute atomic E-state index is 12.3. The first-order chi connectivity index (χ1) is 8.68. The Balaban J connectivity index is 2.49. The van der Waals surface area contributed by atoms with Gasteiger partial charge in [-0.15, -0.1) is 0 Å². The molecule has 4 rings (SSSR count). The molecule has 2 aromatic carbocycles. The van der Waals surface area contributed by atoms with E-state index >= 15 is 0 Å². The molecule has 0 unspecified atom stereocenters. The molecule has 4 nitrogen and oxygen atoms in total. The van der Waals surface area contributed by atoms with E-state index in [1.807, 2.05) is 25.1 Å². The number of benzene rings is 2. The van der Waals surface area contributed by atoms with E-state index in [0.717, 1.165) is 27.2 Å². The van der Waals surface area contributed by atoms with Crippen molar-refractivity contribution in [3.8, 4) is 5.75 Å². The SMILES string of the molecule is Cc1c(O)cc2c(=O)n3c(c4cccc1c24)=NC3. The van der Waals surface area contributed by atoms with Crippen LogP contribution in [0, 0.1) is 6.92 Å². The average molecular weight is 238 g/mol. The molecule has 0 saturated heterocycles. The number of aromatic nitrogens is 1. The van der Waals surface area contributed by atoms with Crippen LogP contribution in [0.25, 0.3) is 21.5 Å². The molecule has 3 aromatic rings. The molecule has 88 valence electrons. The van der Waals surface area contributed by atoms with Gasteiger partial charge in [-0.3, -0.25) is 9.36 Å². The molecule has 0 bridgehead atoms. The average Bonchev–Trinajstić information content (AvgIpc) is 2.31. The minimum Gasteiger partial charge on any atom is -0.508 e. The molecular weight excluding hydrogens is 228 g/mol. The van der Waals surface area contributed by atoms with Crippen LogP contribution in [0.15, 0.2) is 34.1 Å². The Bertz CT molecular complexity index is 938. The molecule has 1 N–H and O–H groups in total. The normalized spacial score (nSPS) is 13.4. The summed E-state index contributed by atoms with van der Waals surface area (Å²) in [7, 11) is 0. The second kappa shape index (κ2) is 2.90. The highest BCUT2D eigenvalue weighted by molar-refractivity contribution is 6.11. The van der Waals surface area contributed by atoms with E-state index in [-0.39, 0.29) is 11.3 Å². The summed E-state index contributed by atoms with van der Waals surface area (Å²) in [5, 5.41) is 13.3. The molecule has 0 amide bonds. The summed E-state index contributed by atoms with van der Waals surface area (Å²) >= 11 is 0. The van der Waals surface area contributed by atoms with Crippen LogP contribution >= 0.6 is 0 Å². The summed E-state index contributed by atoms with van der Waals surface area (Å²) in [6, 6.07) is 7.40. The fourth-order valence-electron chi connectivity index (χ4n) is 2.71. The molecule has 18 heavy (non-hydrogen) atoms. The molecular formula is C14H10N2O2. The lowest BCUT2D eigenvalue weighted by Gasteiger charge is -2.17. The number of fused-ring (bicyclic) bond motifs is 2. The monoisotopic (exact) mass is 238 g/mol. The van der Waals surface area contributed by atoms with Crippen LogP contribution in [0.1, 0.15) is 5.56 Å². The van der Waals surface area contributed by atoms with Crippen LogP contribution in [-0.4, -0.2) is 9.67 Å². The van der Waals surface area contributed by atoms with Gasteiger partial charge in [-0.1, -0.05) is 18.2 Å². The number of phenolic OH excluding ortho intramolecular Hbond substituents is 1. The zero-order valence-electron chi connectivity index (χ0n) is 9.77. The standard InChI is InChI=1S/C14H10N2O2/c1-7-8-3-2-4-9-12(8)10(5-11(7)17)14(18)16-6-15-13(9)16/h2-5,17H,6H2,1H3. The van der Waals surface area contributed by atoms with E-state index in [1.54, 1.807) is 10.6 Å². The number of nitrogens with zero attached hydrogens (tertiary/aromatic N) is 2. The lowest BCUT2D eigenvalue weighted by atomic mass is 9.98. The lowest BCUT2D eigenvalue weighted by Crippen LogP contribution is -2.40. The van der Waals surface area contributed by atoms with Crippen molar-refractivity contribution in [1.29, 1.82) is 0 Å². The van der Waals surface area contributed by atoms with Gasteiger partial charge in [0.25, 0.3) is 5.56 Å². The Morgan fingerprint density at radius 2 is 2.06 bits per heavy atom. The summed E-state index contributed by atoms with van der Waals surface area (Å²) in [5.41, 5.74) is 1.49. The summed E-state index contributed by atoms with van der Waals surface area (Å²) in [6.45, 7) is 2.27. The molecule has 4 heteroatoms. The van der Waals surface area contributed by atoms with Gasteiger partial charge in [0, 0.05) is 10.8 Å². The third-order valence-corrected chi connectivity index (χ3v) is 3.74. The largest absolute Gasteiger partial charge is 0.508 e. The molecule has 1 aromatic heterocycles. The van der Waals surface area contributed by atoms with Crippen molar-refractivity contribution in [2.45, 2.75) is 13.6 Å². The highest BCUT2D eigenvalue weighted by Gasteiger charge is 2.18. The van der Waals surface area contributed by atoms with Crippen molar-refractivity contribution >= 4 is 21.5 Å². The molecule has 0 fully saturated rings. The van der Waals surface area contributed by atoms with Crippen LogP contribution in [0.2, 0.25) is 0 Å². The number of hydrogen-bond acceptors (Lipinski definition) is 3. The van der Waals surface area contributed by atoms with E-state index < -0.39 is 0 Å². The first kappa shape index (κ1) is 9.65. The molecule has 0 spiro atoms. The van der Waals surface area contributed by atoms with Gasteiger partial charge in [-0.25, -0.2) is 4.99 Å². The fraction of sp³-hybridized carbons (Fsp3) is 0.143. The smallest absolute Gasteiger partial charge is 0.261 e. The fourth-order valence-corrected chi connectivity index (χ4v) is 2.71. The number of aromatic hydroxyl groups is 1. The number of phenols is 1. The topological polar surface area (TPSA) is 54.6 Å². The lowest BCUT2D eigenvalue weighted by molar-refractivity contribution is 0.472. The first-order valence-electron chi connectivity index (χ1n) is 5.80. The molecule has 2 heterocycles. The van der Waals surface area contributed by atoms with Crippen LogP contribution in [0.5, 0.6) is 5.75 Å². The van der Waals surface area contributed by atoms with Gasteiger partial charge < -0.3 is 5.11 Å². The Morgan fingerprint density at radius 1 is 1.28 bits per heavy atom. The molecule has 0 saturated carbocycles. The number of pyridine rings is 1. The van der Waals surface area contributed by atoms with Crippen molar-refractivity contribution in [2.75, 3.05) is 0 Å². The van der Waals surface area contributed by atoms with E-state index in [9.17, 15) is 9.90 Å². The predicted octanol–water partition coefficient (Wildman–Crippen LogP) is 1.48. The van der Waals surface area contributed by atoms with Crippen LogP contribution in [0.3, 0.4) is 0 Å². The van der Waals surface area contributed by atoms with Crippen molar-refractivity contribution in [3.05, 3.63) is 45.7 Å². The maximum atomic E-state index is 12.3. The van der Waals surface area contributed by atoms with Crippen LogP contribution in [0.4, 0.5) is 0 Å². The van der Waals surface area contributed by atoms with Gasteiger partial charge in [0.05, 0.1) is 5.39 Å². The third kappa shape index (κ3) is 0.921. The summed E-state index contributed by atoms with van der Waals surface area (Å²) in [4.78, 5) is 16.5. The van der Waals surface area contributed by atoms with E-state index in [4.69, 9.17) is 0 Å². The van der Waals surface area contributed by atoms with Crippen LogP contribution < -0.4 is 11.0 Å². The summed E-state index contributed by atoms with van der Waals surface area (Å²) in [6.07, 6.45) is 0. The highest BCUT2D eigenvalue weighted by Crippen LogP contribution is 2.31. The zero-order chi connectivity index (χ0) is 12.4. The Morgan fingerprint density at radius 3 is 2.78 bits per heavy atom. The Labute approximate surface area is 102 Å². The van der Waals surface area contributed by atoms with Gasteiger partial charge in [0.2, 0.25) is 0 Å². The molecule has 0 aliphatic carbocycles. The molecule has 1 aliphatic rings. The van der Waals surface area contributed by atoms with Gasteiger partial charge in [0.1, 0.15) is 17.9 Å². The predicted molar refractivity (Wildman–Crippen MR) is 68.9 cm³/mol.